The minimum absolute atomic E-state index is 0.203. The van der Waals surface area contributed by atoms with Gasteiger partial charge in [-0.2, -0.15) is 0 Å². The number of halogens is 1. The average Bonchev–Trinajstić information content (AvgIpc) is 2.87. The predicted octanol–water partition coefficient (Wildman–Crippen LogP) is 3.25. The normalized spacial score (nSPS) is 22.6. The highest BCUT2D eigenvalue weighted by molar-refractivity contribution is 6.62. The summed E-state index contributed by atoms with van der Waals surface area (Å²) in [6.07, 6.45) is 1.00. The maximum absolute atomic E-state index is 14.6. The highest BCUT2D eigenvalue weighted by atomic mass is 19.1. The molecule has 0 aliphatic carbocycles. The Morgan fingerprint density at radius 3 is 2.41 bits per heavy atom. The molecular formula is C23H34BFN2O5. The molecule has 0 radical (unpaired) electrons. The Balaban J connectivity index is 1.71. The first kappa shape index (κ1) is 24.5. The van der Waals surface area contributed by atoms with Crippen LogP contribution in [0.25, 0.3) is 0 Å². The molecule has 1 aromatic carbocycles. The van der Waals surface area contributed by atoms with Crippen molar-refractivity contribution in [3.8, 4) is 0 Å². The van der Waals surface area contributed by atoms with Gasteiger partial charge in [-0.25, -0.2) is 9.18 Å². The lowest BCUT2D eigenvalue weighted by atomic mass is 9.77. The van der Waals surface area contributed by atoms with Crippen molar-refractivity contribution < 1.29 is 28.0 Å². The summed E-state index contributed by atoms with van der Waals surface area (Å²) in [7, 11) is -0.893. The summed E-state index contributed by atoms with van der Waals surface area (Å²) < 4.78 is 31.9. The molecule has 2 aliphatic heterocycles. The fourth-order valence-electron chi connectivity index (χ4n) is 3.76. The summed E-state index contributed by atoms with van der Waals surface area (Å²) in [6, 6.07) is 4.04. The van der Waals surface area contributed by atoms with Crippen molar-refractivity contribution >= 4 is 24.6 Å². The van der Waals surface area contributed by atoms with Crippen molar-refractivity contribution in [3.63, 3.8) is 0 Å². The maximum atomic E-state index is 14.6. The Hall–Kier alpha value is -2.13. The molecule has 2 fully saturated rings. The monoisotopic (exact) mass is 448 g/mol. The smallest absolute Gasteiger partial charge is 0.444 e. The largest absolute Gasteiger partial charge is 0.497 e. The molecule has 0 spiro atoms. The van der Waals surface area contributed by atoms with Crippen molar-refractivity contribution in [1.29, 1.82) is 0 Å². The van der Waals surface area contributed by atoms with Gasteiger partial charge < -0.3 is 24.3 Å². The predicted molar refractivity (Wildman–Crippen MR) is 120 cm³/mol. The molecule has 0 saturated carbocycles. The number of amides is 2. The summed E-state index contributed by atoms with van der Waals surface area (Å²) in [5, 5.41) is 2.84. The van der Waals surface area contributed by atoms with Crippen molar-refractivity contribution in [2.24, 2.45) is 0 Å². The van der Waals surface area contributed by atoms with E-state index in [4.69, 9.17) is 14.0 Å². The summed E-state index contributed by atoms with van der Waals surface area (Å²) in [5.41, 5.74) is -1.26. The molecule has 9 heteroatoms. The number of piperidine rings is 1. The molecule has 3 rings (SSSR count). The van der Waals surface area contributed by atoms with E-state index in [9.17, 15) is 14.0 Å². The van der Waals surface area contributed by atoms with E-state index < -0.39 is 35.8 Å². The maximum Gasteiger partial charge on any atom is 0.497 e. The average molecular weight is 448 g/mol. The molecule has 176 valence electrons. The zero-order valence-corrected chi connectivity index (χ0v) is 20.1. The van der Waals surface area contributed by atoms with Crippen LogP contribution in [-0.2, 0) is 14.0 Å². The number of nitrogens with one attached hydrogen (secondary N) is 1. The quantitative estimate of drug-likeness (QED) is 0.719. The summed E-state index contributed by atoms with van der Waals surface area (Å²) >= 11 is 0. The molecule has 1 aromatic rings. The molecule has 2 aliphatic rings. The van der Waals surface area contributed by atoms with E-state index in [0.29, 0.717) is 18.7 Å². The lowest BCUT2D eigenvalue weighted by Gasteiger charge is -2.33. The van der Waals surface area contributed by atoms with Crippen LogP contribution in [0.1, 0.15) is 71.7 Å². The number of likely N-dealkylation sites (tertiary alicyclic amines) is 1. The molecular weight excluding hydrogens is 414 g/mol. The second-order valence-corrected chi connectivity index (χ2v) is 10.6. The second kappa shape index (κ2) is 8.67. The van der Waals surface area contributed by atoms with Crippen LogP contribution in [-0.4, -0.2) is 60.0 Å². The molecule has 2 amide bonds. The van der Waals surface area contributed by atoms with E-state index in [1.54, 1.807) is 25.7 Å². The van der Waals surface area contributed by atoms with Crippen molar-refractivity contribution in [2.45, 2.75) is 84.2 Å². The van der Waals surface area contributed by atoms with Crippen LogP contribution in [0.5, 0.6) is 0 Å². The van der Waals surface area contributed by atoms with E-state index in [0.717, 1.165) is 12.8 Å². The third-order valence-electron chi connectivity index (χ3n) is 6.18. The van der Waals surface area contributed by atoms with Gasteiger partial charge in [-0.15, -0.1) is 0 Å². The van der Waals surface area contributed by atoms with E-state index in [1.807, 2.05) is 27.7 Å². The van der Waals surface area contributed by atoms with Crippen molar-refractivity contribution in [2.75, 3.05) is 13.1 Å². The fraction of sp³-hybridized carbons (Fsp3) is 0.652. The van der Waals surface area contributed by atoms with Crippen LogP contribution in [0, 0.1) is 5.82 Å². The lowest BCUT2D eigenvalue weighted by Crippen LogP contribution is -2.50. The second-order valence-electron chi connectivity index (χ2n) is 10.6. The number of ether oxygens (including phenoxy) is 1. The van der Waals surface area contributed by atoms with Gasteiger partial charge in [0.2, 0.25) is 0 Å². The zero-order valence-electron chi connectivity index (χ0n) is 20.1. The Kier molecular flexibility index (Phi) is 6.64. The SMILES string of the molecule is CC(C)(C)OC(=O)NC1CCCN(C(=O)c2ccc(F)c(B3OC(C)(C)C(C)(C)O3)c2)C1. The van der Waals surface area contributed by atoms with Crippen molar-refractivity contribution in [3.05, 3.63) is 29.6 Å². The Morgan fingerprint density at radius 2 is 1.81 bits per heavy atom. The van der Waals surface area contributed by atoms with E-state index in [1.165, 1.54) is 18.2 Å². The summed E-state index contributed by atoms with van der Waals surface area (Å²) in [4.78, 5) is 26.9. The van der Waals surface area contributed by atoms with E-state index in [2.05, 4.69) is 5.32 Å². The Labute approximate surface area is 190 Å². The van der Waals surface area contributed by atoms with Gasteiger partial charge in [0, 0.05) is 30.2 Å². The van der Waals surface area contributed by atoms with Gasteiger partial charge in [-0.3, -0.25) is 4.79 Å². The number of hydrogen-bond acceptors (Lipinski definition) is 5. The van der Waals surface area contributed by atoms with Crippen LogP contribution < -0.4 is 10.8 Å². The highest BCUT2D eigenvalue weighted by Crippen LogP contribution is 2.36. The first-order valence-electron chi connectivity index (χ1n) is 11.1. The molecule has 32 heavy (non-hydrogen) atoms. The molecule has 1 unspecified atom stereocenters. The van der Waals surface area contributed by atoms with Gasteiger partial charge in [0.25, 0.3) is 5.91 Å². The number of carbonyl (C=O) groups is 2. The van der Waals surface area contributed by atoms with Crippen LogP contribution >= 0.6 is 0 Å². The van der Waals surface area contributed by atoms with Crippen molar-refractivity contribution in [1.82, 2.24) is 10.2 Å². The molecule has 7 nitrogen and oxygen atoms in total. The highest BCUT2D eigenvalue weighted by Gasteiger charge is 2.52. The van der Waals surface area contributed by atoms with Gasteiger partial charge in [-0.05, 0) is 79.5 Å². The van der Waals surface area contributed by atoms with Crippen LogP contribution in [0.3, 0.4) is 0 Å². The van der Waals surface area contributed by atoms with Gasteiger partial charge >= 0.3 is 13.2 Å². The number of carbonyl (C=O) groups excluding carboxylic acids is 2. The van der Waals surface area contributed by atoms with E-state index >= 15 is 0 Å². The van der Waals surface area contributed by atoms with Crippen LogP contribution in [0.2, 0.25) is 0 Å². The molecule has 1 N–H and O–H groups in total. The third-order valence-corrected chi connectivity index (χ3v) is 6.18. The number of nitrogens with zero attached hydrogens (tertiary/aromatic N) is 1. The van der Waals surface area contributed by atoms with E-state index in [-0.39, 0.29) is 17.4 Å². The number of hydrogen-bond donors (Lipinski definition) is 1. The lowest BCUT2D eigenvalue weighted by molar-refractivity contribution is 0.00578. The zero-order chi connectivity index (χ0) is 23.9. The van der Waals surface area contributed by atoms with Crippen LogP contribution in [0.4, 0.5) is 9.18 Å². The molecule has 1 atom stereocenters. The third kappa shape index (κ3) is 5.43. The number of alkyl carbamates (subject to hydrolysis) is 1. The van der Waals surface area contributed by atoms with Crippen LogP contribution in [0.15, 0.2) is 18.2 Å². The molecule has 2 saturated heterocycles. The number of rotatable bonds is 3. The minimum atomic E-state index is -0.893. The van der Waals surface area contributed by atoms with Gasteiger partial charge in [0.15, 0.2) is 0 Å². The van der Waals surface area contributed by atoms with Gasteiger partial charge in [0.1, 0.15) is 11.4 Å². The summed E-state index contributed by atoms with van der Waals surface area (Å²) in [5.74, 6) is -0.707. The Bertz CT molecular complexity index is 868. The number of benzene rings is 1. The minimum Gasteiger partial charge on any atom is -0.444 e. The molecule has 0 aromatic heterocycles. The molecule has 2 heterocycles. The standard InChI is InChI=1S/C23H34BFN2O5/c1-21(2,3)30-20(29)26-16-9-8-12-27(14-16)19(28)15-10-11-18(25)17(13-15)24-31-22(4,5)23(6,7)32-24/h10-11,13,16H,8-9,12,14H2,1-7H3,(H,26,29). The fourth-order valence-corrected chi connectivity index (χ4v) is 3.76. The first-order chi connectivity index (χ1) is 14.7. The van der Waals surface area contributed by atoms with Gasteiger partial charge in [0.05, 0.1) is 11.2 Å². The topological polar surface area (TPSA) is 77.1 Å². The summed E-state index contributed by atoms with van der Waals surface area (Å²) in [6.45, 7) is 13.9. The molecule has 0 bridgehead atoms. The van der Waals surface area contributed by atoms with Gasteiger partial charge in [-0.1, -0.05) is 0 Å². The first-order valence-corrected chi connectivity index (χ1v) is 11.1. The Morgan fingerprint density at radius 1 is 1.19 bits per heavy atom.